The summed E-state index contributed by atoms with van der Waals surface area (Å²) in [6, 6.07) is 4.03. The molecule has 1 aliphatic heterocycles. The topological polar surface area (TPSA) is 18.5 Å². The van der Waals surface area contributed by atoms with E-state index in [-0.39, 0.29) is 6.29 Å². The molecular weight excluding hydrogens is 172 g/mol. The molecule has 2 rings (SSSR count). The highest BCUT2D eigenvalue weighted by atomic mass is 32.1. The predicted molar refractivity (Wildman–Crippen MR) is 48.1 cm³/mol. The van der Waals surface area contributed by atoms with E-state index < -0.39 is 0 Å². The van der Waals surface area contributed by atoms with Crippen molar-refractivity contribution in [2.75, 3.05) is 13.2 Å². The molecule has 0 spiro atoms. The summed E-state index contributed by atoms with van der Waals surface area (Å²) in [6.45, 7) is 1.28. The van der Waals surface area contributed by atoms with Crippen LogP contribution in [0.25, 0.3) is 0 Å². The highest BCUT2D eigenvalue weighted by Crippen LogP contribution is 2.24. The van der Waals surface area contributed by atoms with Gasteiger partial charge in [-0.2, -0.15) is 0 Å². The van der Waals surface area contributed by atoms with E-state index in [1.807, 2.05) is 29.7 Å². The van der Waals surface area contributed by atoms with Crippen LogP contribution in [0.3, 0.4) is 0 Å². The molecule has 0 aromatic carbocycles. The van der Waals surface area contributed by atoms with Gasteiger partial charge in [0.2, 0.25) is 0 Å². The van der Waals surface area contributed by atoms with Crippen LogP contribution in [0.4, 0.5) is 0 Å². The van der Waals surface area contributed by atoms with Crippen molar-refractivity contribution >= 4 is 11.3 Å². The van der Waals surface area contributed by atoms with E-state index in [1.165, 1.54) is 0 Å². The van der Waals surface area contributed by atoms with E-state index in [4.69, 9.17) is 9.47 Å². The van der Waals surface area contributed by atoms with E-state index in [0.29, 0.717) is 13.2 Å². The molecule has 0 atom stereocenters. The SMILES string of the molecule is C1=CCOC(c2cccs2)OC1. The Hall–Kier alpha value is -0.640. The lowest BCUT2D eigenvalue weighted by Gasteiger charge is -2.12. The standard InChI is InChI=1S/C9H10O2S/c1-2-6-11-9(10-5-1)8-4-3-7-12-8/h1-4,7,9H,5-6H2. The minimum atomic E-state index is -0.167. The van der Waals surface area contributed by atoms with Crippen molar-refractivity contribution in [3.63, 3.8) is 0 Å². The Morgan fingerprint density at radius 2 is 2.00 bits per heavy atom. The van der Waals surface area contributed by atoms with Crippen LogP contribution in [-0.2, 0) is 9.47 Å². The van der Waals surface area contributed by atoms with E-state index in [1.54, 1.807) is 11.3 Å². The molecule has 0 saturated carbocycles. The van der Waals surface area contributed by atoms with Crippen molar-refractivity contribution in [3.05, 3.63) is 34.5 Å². The van der Waals surface area contributed by atoms with Crippen LogP contribution in [0.15, 0.2) is 29.7 Å². The predicted octanol–water partition coefficient (Wildman–Crippen LogP) is 2.35. The van der Waals surface area contributed by atoms with Gasteiger partial charge in [-0.25, -0.2) is 0 Å². The molecule has 2 heterocycles. The minimum Gasteiger partial charge on any atom is -0.344 e. The Labute approximate surface area is 75.4 Å². The molecule has 12 heavy (non-hydrogen) atoms. The molecule has 0 aliphatic carbocycles. The van der Waals surface area contributed by atoms with Crippen molar-refractivity contribution < 1.29 is 9.47 Å². The molecule has 1 aliphatic rings. The molecule has 1 aromatic rings. The maximum Gasteiger partial charge on any atom is 0.193 e. The average molecular weight is 182 g/mol. The van der Waals surface area contributed by atoms with Crippen LogP contribution in [-0.4, -0.2) is 13.2 Å². The van der Waals surface area contributed by atoms with Gasteiger partial charge in [-0.1, -0.05) is 18.2 Å². The van der Waals surface area contributed by atoms with Gasteiger partial charge in [0, 0.05) is 0 Å². The fraction of sp³-hybridized carbons (Fsp3) is 0.333. The van der Waals surface area contributed by atoms with Gasteiger partial charge in [0.15, 0.2) is 6.29 Å². The van der Waals surface area contributed by atoms with Gasteiger partial charge in [-0.05, 0) is 11.4 Å². The molecule has 0 N–H and O–H groups in total. The fourth-order valence-corrected chi connectivity index (χ4v) is 1.78. The summed E-state index contributed by atoms with van der Waals surface area (Å²) in [5.74, 6) is 0. The van der Waals surface area contributed by atoms with Crippen LogP contribution in [0, 0.1) is 0 Å². The number of rotatable bonds is 1. The zero-order chi connectivity index (χ0) is 8.23. The fourth-order valence-electron chi connectivity index (χ4n) is 1.06. The lowest BCUT2D eigenvalue weighted by Crippen LogP contribution is -2.04. The molecule has 3 heteroatoms. The van der Waals surface area contributed by atoms with E-state index in [9.17, 15) is 0 Å². The normalized spacial score (nSPS) is 19.3. The molecule has 0 radical (unpaired) electrons. The lowest BCUT2D eigenvalue weighted by molar-refractivity contribution is -0.123. The molecule has 64 valence electrons. The van der Waals surface area contributed by atoms with Crippen LogP contribution >= 0.6 is 11.3 Å². The molecular formula is C9H10O2S. The average Bonchev–Trinajstić information content (AvgIpc) is 2.48. The Balaban J connectivity index is 2.05. The van der Waals surface area contributed by atoms with Gasteiger partial charge in [0.05, 0.1) is 18.1 Å². The van der Waals surface area contributed by atoms with Gasteiger partial charge >= 0.3 is 0 Å². The Morgan fingerprint density at radius 1 is 1.25 bits per heavy atom. The van der Waals surface area contributed by atoms with Gasteiger partial charge in [0.1, 0.15) is 0 Å². The smallest absolute Gasteiger partial charge is 0.193 e. The molecule has 0 fully saturated rings. The van der Waals surface area contributed by atoms with Crippen LogP contribution in [0.1, 0.15) is 11.2 Å². The summed E-state index contributed by atoms with van der Waals surface area (Å²) < 4.78 is 10.9. The monoisotopic (exact) mass is 182 g/mol. The maximum atomic E-state index is 5.45. The second-order valence-electron chi connectivity index (χ2n) is 2.49. The number of thiophene rings is 1. The second kappa shape index (κ2) is 3.85. The summed E-state index contributed by atoms with van der Waals surface area (Å²) in [5.41, 5.74) is 0. The van der Waals surface area contributed by atoms with Crippen LogP contribution < -0.4 is 0 Å². The van der Waals surface area contributed by atoms with Gasteiger partial charge in [0.25, 0.3) is 0 Å². The molecule has 0 bridgehead atoms. The Bertz CT molecular complexity index is 244. The highest BCUT2D eigenvalue weighted by molar-refractivity contribution is 7.10. The van der Waals surface area contributed by atoms with E-state index in [0.717, 1.165) is 4.88 Å². The molecule has 0 amide bonds. The third-order valence-corrected chi connectivity index (χ3v) is 2.52. The summed E-state index contributed by atoms with van der Waals surface area (Å²) in [6.07, 6.45) is 3.79. The minimum absolute atomic E-state index is 0.167. The zero-order valence-corrected chi connectivity index (χ0v) is 7.42. The Kier molecular flexibility index (Phi) is 2.56. The highest BCUT2D eigenvalue weighted by Gasteiger charge is 2.13. The first-order valence-electron chi connectivity index (χ1n) is 3.88. The third-order valence-electron chi connectivity index (χ3n) is 1.63. The lowest BCUT2D eigenvalue weighted by atomic mass is 10.4. The summed E-state index contributed by atoms with van der Waals surface area (Å²) in [7, 11) is 0. The molecule has 0 saturated heterocycles. The first-order chi connectivity index (χ1) is 5.97. The molecule has 2 nitrogen and oxygen atoms in total. The maximum absolute atomic E-state index is 5.45. The first-order valence-corrected chi connectivity index (χ1v) is 4.76. The quantitative estimate of drug-likeness (QED) is 0.621. The summed E-state index contributed by atoms with van der Waals surface area (Å²) in [4.78, 5) is 1.14. The van der Waals surface area contributed by atoms with Crippen molar-refractivity contribution in [1.82, 2.24) is 0 Å². The van der Waals surface area contributed by atoms with E-state index in [2.05, 4.69) is 0 Å². The Morgan fingerprint density at radius 3 is 2.58 bits per heavy atom. The van der Waals surface area contributed by atoms with Gasteiger partial charge < -0.3 is 9.47 Å². The zero-order valence-electron chi connectivity index (χ0n) is 6.60. The number of hydrogen-bond donors (Lipinski definition) is 0. The van der Waals surface area contributed by atoms with Gasteiger partial charge in [-0.15, -0.1) is 11.3 Å². The van der Waals surface area contributed by atoms with Crippen molar-refractivity contribution in [1.29, 1.82) is 0 Å². The largest absolute Gasteiger partial charge is 0.344 e. The molecule has 0 unspecified atom stereocenters. The summed E-state index contributed by atoms with van der Waals surface area (Å²) >= 11 is 1.66. The van der Waals surface area contributed by atoms with E-state index >= 15 is 0 Å². The van der Waals surface area contributed by atoms with Gasteiger partial charge in [-0.3, -0.25) is 0 Å². The first kappa shape index (κ1) is 7.98. The number of ether oxygens (including phenoxy) is 2. The number of hydrogen-bond acceptors (Lipinski definition) is 3. The second-order valence-corrected chi connectivity index (χ2v) is 3.46. The van der Waals surface area contributed by atoms with Crippen molar-refractivity contribution in [2.24, 2.45) is 0 Å². The van der Waals surface area contributed by atoms with Crippen LogP contribution in [0.2, 0.25) is 0 Å². The molecule has 1 aromatic heterocycles. The summed E-state index contributed by atoms with van der Waals surface area (Å²) in [5, 5.41) is 2.03. The van der Waals surface area contributed by atoms with Crippen LogP contribution in [0.5, 0.6) is 0 Å². The van der Waals surface area contributed by atoms with Crippen molar-refractivity contribution in [2.45, 2.75) is 6.29 Å². The third kappa shape index (κ3) is 1.75. The van der Waals surface area contributed by atoms with Crippen molar-refractivity contribution in [3.8, 4) is 0 Å².